The third-order valence-electron chi connectivity index (χ3n) is 3.75. The molecular formula is C14H21NO6. The Kier molecular flexibility index (Phi) is 5.87. The van der Waals surface area contributed by atoms with E-state index in [0.29, 0.717) is 6.42 Å². The molecule has 118 valence electrons. The fraction of sp³-hybridized carbons (Fsp3) is 0.714. The highest BCUT2D eigenvalue weighted by molar-refractivity contribution is 6.03. The molecule has 1 heterocycles. The zero-order valence-electron chi connectivity index (χ0n) is 12.5. The number of esters is 1. The Balaban J connectivity index is 2.31. The van der Waals surface area contributed by atoms with Crippen molar-refractivity contribution in [3.05, 3.63) is 0 Å². The third-order valence-corrected chi connectivity index (χ3v) is 3.75. The molecule has 0 bridgehead atoms. The van der Waals surface area contributed by atoms with Crippen LogP contribution in [0.2, 0.25) is 0 Å². The number of carboxylic acids is 1. The van der Waals surface area contributed by atoms with E-state index < -0.39 is 23.8 Å². The first-order valence-electron chi connectivity index (χ1n) is 6.99. The molecule has 2 amide bonds. The smallest absolute Gasteiger partial charge is 0.309 e. The highest BCUT2D eigenvalue weighted by atomic mass is 16.5. The van der Waals surface area contributed by atoms with E-state index in [1.807, 2.05) is 0 Å². The summed E-state index contributed by atoms with van der Waals surface area (Å²) in [6, 6.07) is 0. The number of hydrogen-bond donors (Lipinski definition) is 1. The van der Waals surface area contributed by atoms with Gasteiger partial charge in [-0.15, -0.1) is 0 Å². The lowest BCUT2D eigenvalue weighted by molar-refractivity contribution is -0.156. The molecule has 21 heavy (non-hydrogen) atoms. The van der Waals surface area contributed by atoms with Gasteiger partial charge in [0.1, 0.15) is 0 Å². The van der Waals surface area contributed by atoms with Crippen molar-refractivity contribution in [2.75, 3.05) is 13.2 Å². The molecule has 7 nitrogen and oxygen atoms in total. The molecule has 0 saturated carbocycles. The van der Waals surface area contributed by atoms with Gasteiger partial charge in [0.15, 0.2) is 0 Å². The fourth-order valence-electron chi connectivity index (χ4n) is 2.03. The van der Waals surface area contributed by atoms with Gasteiger partial charge in [0, 0.05) is 18.9 Å². The van der Waals surface area contributed by atoms with E-state index in [2.05, 4.69) is 0 Å². The van der Waals surface area contributed by atoms with Gasteiger partial charge in [-0.2, -0.15) is 0 Å². The van der Waals surface area contributed by atoms with Crippen molar-refractivity contribution in [1.82, 2.24) is 4.90 Å². The Hall–Kier alpha value is -1.92. The molecule has 0 aromatic heterocycles. The number of rotatable bonds is 7. The van der Waals surface area contributed by atoms with Crippen LogP contribution in [0.25, 0.3) is 0 Å². The second-order valence-corrected chi connectivity index (χ2v) is 5.43. The quantitative estimate of drug-likeness (QED) is 0.421. The second-order valence-electron chi connectivity index (χ2n) is 5.43. The molecule has 0 radical (unpaired) electrons. The monoisotopic (exact) mass is 299 g/mol. The fourth-order valence-corrected chi connectivity index (χ4v) is 2.03. The normalized spacial score (nSPS) is 21.3. The Morgan fingerprint density at radius 1 is 1.33 bits per heavy atom. The summed E-state index contributed by atoms with van der Waals surface area (Å²) in [4.78, 5) is 46.8. The van der Waals surface area contributed by atoms with Crippen LogP contribution >= 0.6 is 0 Å². The van der Waals surface area contributed by atoms with E-state index >= 15 is 0 Å². The molecule has 0 aliphatic carbocycles. The van der Waals surface area contributed by atoms with Crippen LogP contribution in [0.4, 0.5) is 0 Å². The predicted molar refractivity (Wildman–Crippen MR) is 72.0 cm³/mol. The molecule has 0 spiro atoms. The number of amides is 2. The lowest BCUT2D eigenvalue weighted by atomic mass is 9.96. The number of carbonyl (C=O) groups is 4. The van der Waals surface area contributed by atoms with Gasteiger partial charge in [-0.3, -0.25) is 24.1 Å². The molecule has 0 aromatic carbocycles. The van der Waals surface area contributed by atoms with Crippen molar-refractivity contribution in [1.29, 1.82) is 0 Å². The Labute approximate surface area is 123 Å². The molecule has 1 aliphatic heterocycles. The van der Waals surface area contributed by atoms with E-state index in [0.717, 1.165) is 0 Å². The average Bonchev–Trinajstić information content (AvgIpc) is 2.67. The summed E-state index contributed by atoms with van der Waals surface area (Å²) >= 11 is 0. The zero-order chi connectivity index (χ0) is 16.2. The Morgan fingerprint density at radius 2 is 1.95 bits per heavy atom. The molecule has 1 N–H and O–H groups in total. The van der Waals surface area contributed by atoms with Gasteiger partial charge in [0.2, 0.25) is 11.8 Å². The minimum absolute atomic E-state index is 0.0565. The van der Waals surface area contributed by atoms with Crippen molar-refractivity contribution < 1.29 is 29.0 Å². The SMILES string of the molecule is CC1CC(=O)N(CCCOC(=O)C(C)C(C)C(=O)O)C1=O. The van der Waals surface area contributed by atoms with E-state index in [4.69, 9.17) is 9.84 Å². The summed E-state index contributed by atoms with van der Waals surface area (Å²) in [6.07, 6.45) is 0.579. The summed E-state index contributed by atoms with van der Waals surface area (Å²) in [7, 11) is 0. The molecule has 1 fully saturated rings. The van der Waals surface area contributed by atoms with Crippen molar-refractivity contribution in [2.45, 2.75) is 33.6 Å². The van der Waals surface area contributed by atoms with Gasteiger partial charge in [0.05, 0.1) is 18.4 Å². The van der Waals surface area contributed by atoms with Crippen LogP contribution in [0.15, 0.2) is 0 Å². The van der Waals surface area contributed by atoms with Crippen molar-refractivity contribution in [3.8, 4) is 0 Å². The van der Waals surface area contributed by atoms with Gasteiger partial charge in [-0.05, 0) is 6.42 Å². The second kappa shape index (κ2) is 7.19. The van der Waals surface area contributed by atoms with Gasteiger partial charge >= 0.3 is 11.9 Å². The van der Waals surface area contributed by atoms with Crippen LogP contribution < -0.4 is 0 Å². The van der Waals surface area contributed by atoms with Crippen LogP contribution in [0.5, 0.6) is 0 Å². The third kappa shape index (κ3) is 4.27. The van der Waals surface area contributed by atoms with Gasteiger partial charge in [-0.1, -0.05) is 20.8 Å². The van der Waals surface area contributed by atoms with Gasteiger partial charge in [-0.25, -0.2) is 0 Å². The number of nitrogens with zero attached hydrogens (tertiary/aromatic N) is 1. The summed E-state index contributed by atoms with van der Waals surface area (Å²) in [5.41, 5.74) is 0. The van der Waals surface area contributed by atoms with E-state index in [1.54, 1.807) is 6.92 Å². The van der Waals surface area contributed by atoms with E-state index in [9.17, 15) is 19.2 Å². The van der Waals surface area contributed by atoms with Crippen LogP contribution in [-0.2, 0) is 23.9 Å². The molecule has 0 aromatic rings. The number of ether oxygens (including phenoxy) is 1. The minimum atomic E-state index is -1.05. The van der Waals surface area contributed by atoms with E-state index in [-0.39, 0.29) is 37.3 Å². The number of carboxylic acid groups (broad SMARTS) is 1. The number of carbonyl (C=O) groups excluding carboxylic acids is 3. The lowest BCUT2D eigenvalue weighted by Gasteiger charge is -2.16. The van der Waals surface area contributed by atoms with Crippen molar-refractivity contribution >= 4 is 23.8 Å². The molecule has 7 heteroatoms. The summed E-state index contributed by atoms with van der Waals surface area (Å²) in [5.74, 6) is -3.88. The maximum Gasteiger partial charge on any atom is 0.309 e. The first-order valence-corrected chi connectivity index (χ1v) is 6.99. The minimum Gasteiger partial charge on any atom is -0.481 e. The summed E-state index contributed by atoms with van der Waals surface area (Å²) < 4.78 is 4.98. The molecule has 3 unspecified atom stereocenters. The van der Waals surface area contributed by atoms with E-state index in [1.165, 1.54) is 18.7 Å². The highest BCUT2D eigenvalue weighted by Crippen LogP contribution is 2.19. The number of hydrogen-bond acceptors (Lipinski definition) is 5. The maximum atomic E-state index is 11.6. The highest BCUT2D eigenvalue weighted by Gasteiger charge is 2.35. The standard InChI is InChI=1S/C14H21NO6/c1-8-7-11(16)15(12(8)17)5-4-6-21-14(20)10(3)9(2)13(18)19/h8-10H,4-7H2,1-3H3,(H,18,19). The average molecular weight is 299 g/mol. The van der Waals surface area contributed by atoms with Crippen LogP contribution in [0.3, 0.4) is 0 Å². The van der Waals surface area contributed by atoms with Crippen LogP contribution in [-0.4, -0.2) is 46.9 Å². The number of likely N-dealkylation sites (tertiary alicyclic amines) is 1. The van der Waals surface area contributed by atoms with Crippen LogP contribution in [0, 0.1) is 17.8 Å². The lowest BCUT2D eigenvalue weighted by Crippen LogP contribution is -2.32. The zero-order valence-corrected chi connectivity index (χ0v) is 12.5. The first kappa shape index (κ1) is 17.1. The van der Waals surface area contributed by atoms with Gasteiger partial charge < -0.3 is 9.84 Å². The number of aliphatic carboxylic acids is 1. The number of imide groups is 1. The molecular weight excluding hydrogens is 278 g/mol. The molecule has 1 rings (SSSR count). The summed E-state index contributed by atoms with van der Waals surface area (Å²) in [6.45, 7) is 4.92. The maximum absolute atomic E-state index is 11.6. The Morgan fingerprint density at radius 3 is 2.43 bits per heavy atom. The van der Waals surface area contributed by atoms with Gasteiger partial charge in [0.25, 0.3) is 0 Å². The van der Waals surface area contributed by atoms with Crippen LogP contribution in [0.1, 0.15) is 33.6 Å². The summed E-state index contributed by atoms with van der Waals surface area (Å²) in [5, 5.41) is 8.81. The largest absolute Gasteiger partial charge is 0.481 e. The van der Waals surface area contributed by atoms with Crippen molar-refractivity contribution in [2.24, 2.45) is 17.8 Å². The molecule has 1 saturated heterocycles. The Bertz CT molecular complexity index is 447. The topological polar surface area (TPSA) is 101 Å². The predicted octanol–water partition coefficient (Wildman–Crippen LogP) is 0.672. The van der Waals surface area contributed by atoms with Crippen molar-refractivity contribution in [3.63, 3.8) is 0 Å². The molecule has 1 aliphatic rings. The molecule has 3 atom stereocenters. The first-order chi connectivity index (χ1) is 9.75.